The smallest absolute Gasteiger partial charge is 0.256 e. The van der Waals surface area contributed by atoms with E-state index >= 15 is 0 Å². The molecule has 6 nitrogen and oxygen atoms in total. The first-order valence-corrected chi connectivity index (χ1v) is 9.44. The molecular formula is C14H20N2O4S2. The second-order valence-corrected chi connectivity index (χ2v) is 8.23. The summed E-state index contributed by atoms with van der Waals surface area (Å²) in [5.41, 5.74) is 1.12. The molecule has 0 radical (unpaired) electrons. The van der Waals surface area contributed by atoms with Crippen LogP contribution < -0.4 is 0 Å². The maximum atomic E-state index is 12.1. The van der Waals surface area contributed by atoms with Crippen LogP contribution in [0.4, 0.5) is 0 Å². The van der Waals surface area contributed by atoms with E-state index in [0.29, 0.717) is 16.3 Å². The van der Waals surface area contributed by atoms with Gasteiger partial charge in [0.2, 0.25) is 10.0 Å². The summed E-state index contributed by atoms with van der Waals surface area (Å²) in [6.07, 6.45) is 2.75. The van der Waals surface area contributed by atoms with Crippen molar-refractivity contribution in [2.24, 2.45) is 0 Å². The highest BCUT2D eigenvalue weighted by molar-refractivity contribution is 7.99. The molecule has 0 saturated heterocycles. The zero-order valence-electron chi connectivity index (χ0n) is 12.7. The molecule has 1 aromatic heterocycles. The Hall–Kier alpha value is -1.09. The van der Waals surface area contributed by atoms with Crippen molar-refractivity contribution in [1.29, 1.82) is 0 Å². The largest absolute Gasteiger partial charge is 0.431 e. The van der Waals surface area contributed by atoms with Gasteiger partial charge in [-0.05, 0) is 31.0 Å². The first-order chi connectivity index (χ1) is 10.4. The van der Waals surface area contributed by atoms with Gasteiger partial charge in [-0.3, -0.25) is 0 Å². The Morgan fingerprint density at radius 1 is 1.27 bits per heavy atom. The van der Waals surface area contributed by atoms with E-state index < -0.39 is 10.0 Å². The third-order valence-corrected chi connectivity index (χ3v) is 5.87. The van der Waals surface area contributed by atoms with E-state index in [0.717, 1.165) is 25.0 Å². The van der Waals surface area contributed by atoms with Gasteiger partial charge in [-0.15, -0.1) is 0 Å². The minimum atomic E-state index is -3.47. The third kappa shape index (κ3) is 4.01. The van der Waals surface area contributed by atoms with Gasteiger partial charge < -0.3 is 9.52 Å². The van der Waals surface area contributed by atoms with Gasteiger partial charge >= 0.3 is 0 Å². The van der Waals surface area contributed by atoms with Crippen LogP contribution in [0.1, 0.15) is 19.3 Å². The summed E-state index contributed by atoms with van der Waals surface area (Å²) in [6.45, 7) is 0.219. The molecule has 0 aliphatic rings. The van der Waals surface area contributed by atoms with Crippen molar-refractivity contribution in [3.8, 4) is 0 Å². The van der Waals surface area contributed by atoms with Crippen molar-refractivity contribution in [1.82, 2.24) is 9.29 Å². The lowest BCUT2D eigenvalue weighted by Crippen LogP contribution is -2.22. The highest BCUT2D eigenvalue weighted by Gasteiger charge is 2.18. The quantitative estimate of drug-likeness (QED) is 0.584. The summed E-state index contributed by atoms with van der Waals surface area (Å²) in [6, 6.07) is 4.69. The van der Waals surface area contributed by atoms with Gasteiger partial charge in [0, 0.05) is 26.5 Å². The van der Waals surface area contributed by atoms with E-state index in [1.54, 1.807) is 6.07 Å². The van der Waals surface area contributed by atoms with Crippen molar-refractivity contribution < 1.29 is 17.9 Å². The fourth-order valence-corrected chi connectivity index (χ4v) is 3.63. The van der Waals surface area contributed by atoms with Gasteiger partial charge in [0.05, 0.1) is 4.90 Å². The van der Waals surface area contributed by atoms with Crippen LogP contribution >= 0.6 is 11.8 Å². The molecule has 22 heavy (non-hydrogen) atoms. The molecule has 0 saturated carbocycles. The molecule has 0 aliphatic carbocycles. The first-order valence-electron chi connectivity index (χ1n) is 7.02. The van der Waals surface area contributed by atoms with Crippen LogP contribution in [0.2, 0.25) is 0 Å². The average Bonchev–Trinajstić information content (AvgIpc) is 2.88. The molecule has 2 rings (SSSR count). The molecule has 0 amide bonds. The topological polar surface area (TPSA) is 83.6 Å². The van der Waals surface area contributed by atoms with E-state index in [1.165, 1.54) is 42.3 Å². The van der Waals surface area contributed by atoms with E-state index in [-0.39, 0.29) is 11.5 Å². The predicted octanol–water partition coefficient (Wildman–Crippen LogP) is 2.33. The molecule has 122 valence electrons. The number of thioether (sulfide) groups is 1. The summed E-state index contributed by atoms with van der Waals surface area (Å²) in [7, 11) is -0.473. The molecule has 0 bridgehead atoms. The lowest BCUT2D eigenvalue weighted by atomic mass is 10.3. The molecule has 0 spiro atoms. The number of hydrogen-bond donors (Lipinski definition) is 1. The van der Waals surface area contributed by atoms with Crippen LogP contribution in [-0.4, -0.2) is 49.3 Å². The Morgan fingerprint density at radius 3 is 2.73 bits per heavy atom. The summed E-state index contributed by atoms with van der Waals surface area (Å²) in [5, 5.41) is 9.26. The maximum Gasteiger partial charge on any atom is 0.256 e. The van der Waals surface area contributed by atoms with E-state index in [9.17, 15) is 8.42 Å². The van der Waals surface area contributed by atoms with Crippen molar-refractivity contribution in [3.63, 3.8) is 0 Å². The molecule has 0 atom stereocenters. The van der Waals surface area contributed by atoms with E-state index in [4.69, 9.17) is 9.52 Å². The molecule has 2 aromatic rings. The molecule has 0 unspecified atom stereocenters. The third-order valence-electron chi connectivity index (χ3n) is 3.15. The molecule has 1 N–H and O–H groups in total. The predicted molar refractivity (Wildman–Crippen MR) is 86.5 cm³/mol. The Kier molecular flexibility index (Phi) is 5.85. The van der Waals surface area contributed by atoms with Crippen LogP contribution in [0.5, 0.6) is 0 Å². The Bertz CT molecular complexity index is 726. The monoisotopic (exact) mass is 344 g/mol. The van der Waals surface area contributed by atoms with Crippen molar-refractivity contribution in [2.75, 3.05) is 26.5 Å². The van der Waals surface area contributed by atoms with E-state index in [1.807, 2.05) is 0 Å². The average molecular weight is 344 g/mol. The number of hydrogen-bond acceptors (Lipinski definition) is 6. The second kappa shape index (κ2) is 7.45. The molecule has 8 heteroatoms. The van der Waals surface area contributed by atoms with Crippen LogP contribution in [0, 0.1) is 0 Å². The molecule has 1 heterocycles. The fourth-order valence-electron chi connectivity index (χ4n) is 1.87. The summed E-state index contributed by atoms with van der Waals surface area (Å²) in [4.78, 5) is 4.53. The number of benzene rings is 1. The number of oxazole rings is 1. The molecule has 1 aromatic carbocycles. The lowest BCUT2D eigenvalue weighted by Gasteiger charge is -2.10. The van der Waals surface area contributed by atoms with Crippen molar-refractivity contribution in [2.45, 2.75) is 29.4 Å². The summed E-state index contributed by atoms with van der Waals surface area (Å²) < 4.78 is 31.0. The number of aromatic nitrogens is 1. The maximum absolute atomic E-state index is 12.1. The minimum absolute atomic E-state index is 0.206. The van der Waals surface area contributed by atoms with Crippen molar-refractivity contribution in [3.05, 3.63) is 18.2 Å². The Labute approximate surface area is 134 Å². The zero-order valence-corrected chi connectivity index (χ0v) is 14.3. The zero-order chi connectivity index (χ0) is 16.2. The normalized spacial score (nSPS) is 12.4. The number of fused-ring (bicyclic) bond motifs is 1. The number of aliphatic hydroxyl groups excluding tert-OH is 1. The highest BCUT2D eigenvalue weighted by atomic mass is 32.2. The Balaban J connectivity index is 2.11. The number of sulfonamides is 1. The second-order valence-electron chi connectivity index (χ2n) is 5.03. The Morgan fingerprint density at radius 2 is 2.05 bits per heavy atom. The molecular weight excluding hydrogens is 324 g/mol. The fraction of sp³-hybridized carbons (Fsp3) is 0.500. The number of nitrogens with zero attached hydrogens (tertiary/aromatic N) is 2. The number of aliphatic hydroxyl groups is 1. The van der Waals surface area contributed by atoms with Gasteiger partial charge in [0.15, 0.2) is 5.58 Å². The minimum Gasteiger partial charge on any atom is -0.431 e. The summed E-state index contributed by atoms with van der Waals surface area (Å²) >= 11 is 1.50. The van der Waals surface area contributed by atoms with Gasteiger partial charge in [-0.2, -0.15) is 0 Å². The standard InChI is InChI=1S/C14H20N2O4S2/c1-16(2)22(18,19)11-6-7-13-12(10-11)15-14(20-13)21-9-5-3-4-8-17/h6-7,10,17H,3-5,8-9H2,1-2H3. The van der Waals surface area contributed by atoms with E-state index in [2.05, 4.69) is 4.98 Å². The lowest BCUT2D eigenvalue weighted by molar-refractivity contribution is 0.284. The van der Waals surface area contributed by atoms with Crippen LogP contribution in [-0.2, 0) is 10.0 Å². The van der Waals surface area contributed by atoms with Gasteiger partial charge in [-0.25, -0.2) is 17.7 Å². The van der Waals surface area contributed by atoms with Gasteiger partial charge in [-0.1, -0.05) is 18.2 Å². The van der Waals surface area contributed by atoms with Crippen LogP contribution in [0.15, 0.2) is 32.7 Å². The molecule has 0 fully saturated rings. The number of rotatable bonds is 8. The SMILES string of the molecule is CN(C)S(=O)(=O)c1ccc2oc(SCCCCCO)nc2c1. The van der Waals surface area contributed by atoms with Crippen molar-refractivity contribution >= 4 is 32.9 Å². The van der Waals surface area contributed by atoms with Crippen LogP contribution in [0.25, 0.3) is 11.1 Å². The summed E-state index contributed by atoms with van der Waals surface area (Å²) in [5.74, 6) is 0.857. The van der Waals surface area contributed by atoms with Gasteiger partial charge in [0.1, 0.15) is 5.52 Å². The highest BCUT2D eigenvalue weighted by Crippen LogP contribution is 2.26. The first kappa shape index (κ1) is 17.3. The number of unbranched alkanes of at least 4 members (excludes halogenated alkanes) is 2. The molecule has 0 aliphatic heterocycles. The van der Waals surface area contributed by atoms with Gasteiger partial charge in [0.25, 0.3) is 5.22 Å². The van der Waals surface area contributed by atoms with Crippen LogP contribution in [0.3, 0.4) is 0 Å².